The monoisotopic (exact) mass is 504 g/mol. The fourth-order valence-electron chi connectivity index (χ4n) is 2.23. The molecule has 0 aliphatic rings. The number of aryl methyl sites for hydroxylation is 1. The van der Waals surface area contributed by atoms with E-state index in [1.807, 2.05) is 18.3 Å². The van der Waals surface area contributed by atoms with Crippen molar-refractivity contribution in [1.29, 1.82) is 0 Å². The van der Waals surface area contributed by atoms with Gasteiger partial charge in [0.25, 0.3) is 0 Å². The Labute approximate surface area is 177 Å². The van der Waals surface area contributed by atoms with Crippen LogP contribution in [0.3, 0.4) is 0 Å². The van der Waals surface area contributed by atoms with Crippen molar-refractivity contribution >= 4 is 63.9 Å². The number of thiazole rings is 1. The van der Waals surface area contributed by atoms with E-state index in [9.17, 15) is 0 Å². The average molecular weight is 504 g/mol. The Hall–Kier alpha value is -0.970. The molecule has 0 aliphatic heterocycles. The summed E-state index contributed by atoms with van der Waals surface area (Å²) in [5.74, 6) is 0.841. The number of halogens is 1. The Morgan fingerprint density at radius 2 is 2.08 bits per heavy atom. The van der Waals surface area contributed by atoms with Gasteiger partial charge in [-0.1, -0.05) is 0 Å². The standard InChI is InChI=1S/C17H20N4S3.HI/c1-12-21-15(11-23-12)16-4-3-14(24-16)5-7-19-17(18-2)20-9-13-6-8-22-10-13;/h3-4,6,8,10-11H,5,7,9H2,1-2H3,(H2,18,19,20);1H. The third-order valence-corrected chi connectivity index (χ3v) is 6.13. The van der Waals surface area contributed by atoms with Crippen molar-refractivity contribution in [2.45, 2.75) is 19.9 Å². The van der Waals surface area contributed by atoms with Gasteiger partial charge < -0.3 is 10.6 Å². The van der Waals surface area contributed by atoms with Crippen molar-refractivity contribution in [3.63, 3.8) is 0 Å². The van der Waals surface area contributed by atoms with E-state index >= 15 is 0 Å². The normalized spacial score (nSPS) is 11.2. The zero-order chi connectivity index (χ0) is 16.8. The second-order valence-electron chi connectivity index (χ2n) is 5.25. The molecule has 134 valence electrons. The lowest BCUT2D eigenvalue weighted by atomic mass is 10.3. The summed E-state index contributed by atoms with van der Waals surface area (Å²) in [5, 5.41) is 14.2. The van der Waals surface area contributed by atoms with Crippen LogP contribution in [0, 0.1) is 6.92 Å². The second kappa shape index (κ2) is 10.2. The Bertz CT molecular complexity index is 793. The molecule has 8 heteroatoms. The Balaban J connectivity index is 0.00000225. The van der Waals surface area contributed by atoms with Gasteiger partial charge in [0.05, 0.1) is 15.6 Å². The number of nitrogens with one attached hydrogen (secondary N) is 2. The maximum absolute atomic E-state index is 4.55. The van der Waals surface area contributed by atoms with Crippen molar-refractivity contribution < 1.29 is 0 Å². The lowest BCUT2D eigenvalue weighted by molar-refractivity contribution is 0.800. The molecule has 4 nitrogen and oxygen atoms in total. The number of rotatable bonds is 6. The summed E-state index contributed by atoms with van der Waals surface area (Å²) in [6, 6.07) is 6.48. The molecule has 0 aliphatic carbocycles. The van der Waals surface area contributed by atoms with Crippen LogP contribution in [0.2, 0.25) is 0 Å². The van der Waals surface area contributed by atoms with Gasteiger partial charge in [-0.2, -0.15) is 11.3 Å². The third kappa shape index (κ3) is 6.05. The van der Waals surface area contributed by atoms with Crippen molar-refractivity contribution in [2.75, 3.05) is 13.6 Å². The number of hydrogen-bond acceptors (Lipinski definition) is 5. The van der Waals surface area contributed by atoms with Gasteiger partial charge in [0.15, 0.2) is 5.96 Å². The van der Waals surface area contributed by atoms with Crippen LogP contribution in [-0.2, 0) is 13.0 Å². The smallest absolute Gasteiger partial charge is 0.191 e. The summed E-state index contributed by atoms with van der Waals surface area (Å²) in [5.41, 5.74) is 2.37. The van der Waals surface area contributed by atoms with Gasteiger partial charge in [0.2, 0.25) is 0 Å². The van der Waals surface area contributed by atoms with Crippen LogP contribution >= 0.6 is 58.0 Å². The SMILES string of the molecule is CN=C(NCCc1ccc(-c2csc(C)n2)s1)NCc1ccsc1.I. The zero-order valence-corrected chi connectivity index (χ0v) is 18.9. The molecule has 2 N–H and O–H groups in total. The molecule has 0 atom stereocenters. The fourth-order valence-corrected chi connectivity index (χ4v) is 4.55. The van der Waals surface area contributed by atoms with Gasteiger partial charge in [-0.15, -0.1) is 46.7 Å². The summed E-state index contributed by atoms with van der Waals surface area (Å²) in [7, 11) is 1.80. The molecule has 25 heavy (non-hydrogen) atoms. The molecule has 3 heterocycles. The Morgan fingerprint density at radius 3 is 2.76 bits per heavy atom. The lowest BCUT2D eigenvalue weighted by Crippen LogP contribution is -2.37. The average Bonchev–Trinajstić information content (AvgIpc) is 3.32. The fraction of sp³-hybridized carbons (Fsp3) is 0.294. The van der Waals surface area contributed by atoms with E-state index < -0.39 is 0 Å². The molecule has 0 amide bonds. The van der Waals surface area contributed by atoms with Crippen LogP contribution in [0.15, 0.2) is 39.3 Å². The van der Waals surface area contributed by atoms with Crippen molar-refractivity contribution in [3.8, 4) is 10.6 Å². The lowest BCUT2D eigenvalue weighted by Gasteiger charge is -2.10. The Kier molecular flexibility index (Phi) is 8.34. The predicted molar refractivity (Wildman–Crippen MR) is 122 cm³/mol. The van der Waals surface area contributed by atoms with E-state index in [4.69, 9.17) is 0 Å². The van der Waals surface area contributed by atoms with Gasteiger partial charge in [-0.3, -0.25) is 4.99 Å². The molecule has 3 rings (SSSR count). The first-order valence-corrected chi connectivity index (χ1v) is 10.4. The number of hydrogen-bond donors (Lipinski definition) is 2. The van der Waals surface area contributed by atoms with Crippen LogP contribution < -0.4 is 10.6 Å². The van der Waals surface area contributed by atoms with E-state index in [1.165, 1.54) is 15.3 Å². The van der Waals surface area contributed by atoms with Gasteiger partial charge >= 0.3 is 0 Å². The van der Waals surface area contributed by atoms with Crippen molar-refractivity contribution in [2.24, 2.45) is 4.99 Å². The molecular weight excluding hydrogens is 483 g/mol. The quantitative estimate of drug-likeness (QED) is 0.289. The largest absolute Gasteiger partial charge is 0.356 e. The van der Waals surface area contributed by atoms with Gasteiger partial charge in [0.1, 0.15) is 0 Å². The minimum absolute atomic E-state index is 0. The molecule has 0 radical (unpaired) electrons. The maximum Gasteiger partial charge on any atom is 0.191 e. The molecule has 0 bridgehead atoms. The summed E-state index contributed by atoms with van der Waals surface area (Å²) >= 11 is 5.23. The van der Waals surface area contributed by atoms with E-state index in [-0.39, 0.29) is 24.0 Å². The van der Waals surface area contributed by atoms with Gasteiger partial charge in [-0.05, 0) is 47.9 Å². The summed E-state index contributed by atoms with van der Waals surface area (Å²) in [6.45, 7) is 3.70. The molecule has 0 fully saturated rings. The predicted octanol–water partition coefficient (Wildman–Crippen LogP) is 4.77. The number of aliphatic imine (C=N–C) groups is 1. The Morgan fingerprint density at radius 1 is 1.20 bits per heavy atom. The van der Waals surface area contributed by atoms with Crippen LogP contribution in [0.4, 0.5) is 0 Å². The van der Waals surface area contributed by atoms with Crippen LogP contribution in [0.1, 0.15) is 15.4 Å². The van der Waals surface area contributed by atoms with Gasteiger partial charge in [-0.25, -0.2) is 4.98 Å². The van der Waals surface area contributed by atoms with Crippen LogP contribution in [-0.4, -0.2) is 24.5 Å². The van der Waals surface area contributed by atoms with E-state index in [0.29, 0.717) is 0 Å². The molecule has 0 saturated heterocycles. The van der Waals surface area contributed by atoms with Crippen molar-refractivity contribution in [3.05, 3.63) is 49.8 Å². The molecule has 0 spiro atoms. The number of aromatic nitrogens is 1. The van der Waals surface area contributed by atoms with E-state index in [2.05, 4.69) is 54.9 Å². The zero-order valence-electron chi connectivity index (χ0n) is 14.1. The number of nitrogens with zero attached hydrogens (tertiary/aromatic N) is 2. The van der Waals surface area contributed by atoms with Crippen molar-refractivity contribution in [1.82, 2.24) is 15.6 Å². The third-order valence-electron chi connectivity index (χ3n) is 3.46. The van der Waals surface area contributed by atoms with E-state index in [0.717, 1.165) is 36.2 Å². The maximum atomic E-state index is 4.55. The minimum atomic E-state index is 0. The topological polar surface area (TPSA) is 49.3 Å². The van der Waals surface area contributed by atoms with Crippen LogP contribution in [0.5, 0.6) is 0 Å². The van der Waals surface area contributed by atoms with E-state index in [1.54, 1.807) is 29.7 Å². The van der Waals surface area contributed by atoms with Crippen LogP contribution in [0.25, 0.3) is 10.6 Å². The first-order chi connectivity index (χ1) is 11.7. The summed E-state index contributed by atoms with van der Waals surface area (Å²) < 4.78 is 0. The first-order valence-electron chi connectivity index (χ1n) is 7.71. The highest BCUT2D eigenvalue weighted by molar-refractivity contribution is 14.0. The molecule has 3 aromatic heterocycles. The molecule has 3 aromatic rings. The highest BCUT2D eigenvalue weighted by atomic mass is 127. The first kappa shape index (κ1) is 20.3. The van der Waals surface area contributed by atoms with Gasteiger partial charge in [0, 0.05) is 30.4 Å². The molecular formula is C17H21IN4S3. The number of thiophene rings is 2. The second-order valence-corrected chi connectivity index (χ2v) is 8.26. The molecule has 0 saturated carbocycles. The summed E-state index contributed by atoms with van der Waals surface area (Å²) in [6.07, 6.45) is 0.979. The number of guanidine groups is 1. The highest BCUT2D eigenvalue weighted by Crippen LogP contribution is 2.29. The minimum Gasteiger partial charge on any atom is -0.356 e. The summed E-state index contributed by atoms with van der Waals surface area (Å²) in [4.78, 5) is 11.4. The highest BCUT2D eigenvalue weighted by Gasteiger charge is 2.06. The molecule has 0 aromatic carbocycles. The molecule has 0 unspecified atom stereocenters.